The molecule has 2 aromatic carbocycles. The van der Waals surface area contributed by atoms with Gasteiger partial charge in [0.25, 0.3) is 0 Å². The van der Waals surface area contributed by atoms with Crippen LogP contribution in [0.1, 0.15) is 58.4 Å². The smallest absolute Gasteiger partial charge is 0.309 e. The second-order valence-electron chi connectivity index (χ2n) is 10.9. The number of likely N-dealkylation sites (tertiary alicyclic amines) is 1. The van der Waals surface area contributed by atoms with Crippen LogP contribution in [0, 0.1) is 5.92 Å². The number of nitrogens with zero attached hydrogens (tertiary/aromatic N) is 2. The highest BCUT2D eigenvalue weighted by Crippen LogP contribution is 2.28. The van der Waals surface area contributed by atoms with E-state index < -0.39 is 15.6 Å². The molecule has 1 saturated heterocycles. The Bertz CT molecular complexity index is 1090. The van der Waals surface area contributed by atoms with Gasteiger partial charge in [-0.1, -0.05) is 55.5 Å². The van der Waals surface area contributed by atoms with Crippen molar-refractivity contribution in [1.29, 1.82) is 0 Å². The maximum Gasteiger partial charge on any atom is 0.309 e. The molecular formula is C29H43N3O4S. The Balaban J connectivity index is 1.70. The Morgan fingerprint density at radius 3 is 2.32 bits per heavy atom. The molecule has 0 amide bonds. The van der Waals surface area contributed by atoms with E-state index >= 15 is 0 Å². The fourth-order valence-electron chi connectivity index (χ4n) is 4.92. The molecule has 1 aliphatic rings. The van der Waals surface area contributed by atoms with Crippen LogP contribution >= 0.6 is 0 Å². The maximum atomic E-state index is 13.2. The minimum Gasteiger partial charge on any atom is -0.460 e. The molecule has 3 rings (SSSR count). The first-order chi connectivity index (χ1) is 17.5. The van der Waals surface area contributed by atoms with E-state index in [4.69, 9.17) is 4.74 Å². The van der Waals surface area contributed by atoms with Crippen LogP contribution in [0.4, 0.5) is 0 Å². The van der Waals surface area contributed by atoms with E-state index in [1.54, 1.807) is 31.3 Å². The van der Waals surface area contributed by atoms with Gasteiger partial charge in [-0.2, -0.15) is 0 Å². The topological polar surface area (TPSA) is 79.0 Å². The van der Waals surface area contributed by atoms with E-state index in [0.717, 1.165) is 38.0 Å². The van der Waals surface area contributed by atoms with Gasteiger partial charge in [0.05, 0.1) is 17.0 Å². The lowest BCUT2D eigenvalue weighted by molar-refractivity contribution is -0.162. The Hall–Kier alpha value is -2.26. The summed E-state index contributed by atoms with van der Waals surface area (Å²) in [5, 5.41) is 3.54. The van der Waals surface area contributed by atoms with Crippen molar-refractivity contribution < 1.29 is 17.9 Å². The molecule has 1 aliphatic heterocycles. The van der Waals surface area contributed by atoms with Gasteiger partial charge in [0.2, 0.25) is 10.0 Å². The molecule has 3 atom stereocenters. The molecule has 1 heterocycles. The van der Waals surface area contributed by atoms with Crippen LogP contribution in [0.5, 0.6) is 0 Å². The Morgan fingerprint density at radius 2 is 1.73 bits per heavy atom. The molecule has 1 unspecified atom stereocenters. The lowest BCUT2D eigenvalue weighted by Gasteiger charge is -2.40. The zero-order chi connectivity index (χ0) is 27.1. The number of sulfonamides is 1. The van der Waals surface area contributed by atoms with Gasteiger partial charge in [-0.15, -0.1) is 0 Å². The highest BCUT2D eigenvalue weighted by atomic mass is 32.2. The summed E-state index contributed by atoms with van der Waals surface area (Å²) in [6, 6.07) is 18.7. The predicted molar refractivity (Wildman–Crippen MR) is 148 cm³/mol. The van der Waals surface area contributed by atoms with Crippen LogP contribution in [0.15, 0.2) is 65.6 Å². The highest BCUT2D eigenvalue weighted by molar-refractivity contribution is 7.89. The first-order valence-electron chi connectivity index (χ1n) is 13.3. The minimum atomic E-state index is -3.58. The zero-order valence-corrected chi connectivity index (χ0v) is 23.7. The number of carbonyl (C=O) groups excluding carboxylic acids is 1. The summed E-state index contributed by atoms with van der Waals surface area (Å²) >= 11 is 0. The number of esters is 1. The minimum absolute atomic E-state index is 0.0375. The molecule has 2 aromatic rings. The molecule has 7 nitrogen and oxygen atoms in total. The fourth-order valence-corrected chi connectivity index (χ4v) is 6.16. The number of nitrogens with one attached hydrogen (secondary N) is 1. The first-order valence-corrected chi connectivity index (χ1v) is 14.7. The number of ether oxygens (including phenoxy) is 1. The summed E-state index contributed by atoms with van der Waals surface area (Å²) in [7, 11) is -1.92. The third-order valence-electron chi connectivity index (χ3n) is 6.86. The molecule has 1 fully saturated rings. The van der Waals surface area contributed by atoms with Gasteiger partial charge >= 0.3 is 5.97 Å². The number of piperidine rings is 1. The Morgan fingerprint density at radius 1 is 1.11 bits per heavy atom. The van der Waals surface area contributed by atoms with E-state index in [-0.39, 0.29) is 24.0 Å². The standard InChI is InChI=1S/C29H43N3O4S/c1-6-30-27-21-24(28(33)36-29(2,3)4)17-19-32(27)20-18-25(23-13-9-7-10-14-23)22-31(5)37(34,35)26-15-11-8-12-16-26/h7-16,24-25,27,30H,6,17-22H2,1-5H3/t24-,25?,27+/m0/s1. The number of hydrogen-bond donors (Lipinski definition) is 1. The zero-order valence-electron chi connectivity index (χ0n) is 22.9. The third-order valence-corrected chi connectivity index (χ3v) is 8.70. The number of rotatable bonds is 11. The SMILES string of the molecule is CCN[C@H]1C[C@@H](C(=O)OC(C)(C)C)CCN1CCC(CN(C)S(=O)(=O)c1ccccc1)c1ccccc1. The molecule has 0 aliphatic carbocycles. The number of benzene rings is 2. The van der Waals surface area contributed by atoms with Crippen molar-refractivity contribution in [3.05, 3.63) is 66.2 Å². The Labute approximate surface area is 223 Å². The van der Waals surface area contributed by atoms with Gasteiger partial charge in [0.1, 0.15) is 5.60 Å². The number of likely N-dealkylation sites (N-methyl/N-ethyl adjacent to an activating group) is 1. The van der Waals surface area contributed by atoms with Gasteiger partial charge in [-0.05, 0) is 70.2 Å². The monoisotopic (exact) mass is 529 g/mol. The molecule has 37 heavy (non-hydrogen) atoms. The van der Waals surface area contributed by atoms with E-state index in [2.05, 4.69) is 29.3 Å². The van der Waals surface area contributed by atoms with Crippen LogP contribution in [-0.2, 0) is 19.6 Å². The van der Waals surface area contributed by atoms with Crippen molar-refractivity contribution >= 4 is 16.0 Å². The molecule has 204 valence electrons. The van der Waals surface area contributed by atoms with Gasteiger partial charge in [0, 0.05) is 26.7 Å². The summed E-state index contributed by atoms with van der Waals surface area (Å²) < 4.78 is 33.5. The molecule has 0 saturated carbocycles. The molecule has 0 bridgehead atoms. The van der Waals surface area contributed by atoms with E-state index in [0.29, 0.717) is 17.9 Å². The average molecular weight is 530 g/mol. The largest absolute Gasteiger partial charge is 0.460 e. The second kappa shape index (κ2) is 13.0. The van der Waals surface area contributed by atoms with Crippen molar-refractivity contribution in [2.45, 2.75) is 69.5 Å². The summed E-state index contributed by atoms with van der Waals surface area (Å²) in [5.74, 6) is -0.202. The lowest BCUT2D eigenvalue weighted by atomic mass is 9.91. The van der Waals surface area contributed by atoms with Crippen molar-refractivity contribution in [2.75, 3.05) is 33.2 Å². The maximum absolute atomic E-state index is 13.2. The average Bonchev–Trinajstić information content (AvgIpc) is 2.87. The number of hydrogen-bond acceptors (Lipinski definition) is 6. The second-order valence-corrected chi connectivity index (χ2v) is 12.9. The lowest BCUT2D eigenvalue weighted by Crippen LogP contribution is -2.52. The molecule has 0 radical (unpaired) electrons. The fraction of sp³-hybridized carbons (Fsp3) is 0.552. The summed E-state index contributed by atoms with van der Waals surface area (Å²) in [4.78, 5) is 15.4. The van der Waals surface area contributed by atoms with Crippen LogP contribution in [0.3, 0.4) is 0 Å². The van der Waals surface area contributed by atoms with Crippen LogP contribution in [0.25, 0.3) is 0 Å². The Kier molecular flexibility index (Phi) is 10.3. The first kappa shape index (κ1) is 29.3. The molecule has 1 N–H and O–H groups in total. The van der Waals surface area contributed by atoms with Crippen molar-refractivity contribution in [2.24, 2.45) is 5.92 Å². The molecule has 0 aromatic heterocycles. The van der Waals surface area contributed by atoms with Gasteiger partial charge in [-0.25, -0.2) is 12.7 Å². The highest BCUT2D eigenvalue weighted by Gasteiger charge is 2.35. The normalized spacial score (nSPS) is 20.1. The van der Waals surface area contributed by atoms with Crippen molar-refractivity contribution in [1.82, 2.24) is 14.5 Å². The summed E-state index contributed by atoms with van der Waals surface area (Å²) in [5.41, 5.74) is 0.637. The van der Waals surface area contributed by atoms with Gasteiger partial charge < -0.3 is 10.1 Å². The number of carbonyl (C=O) groups is 1. The van der Waals surface area contributed by atoms with Crippen LogP contribution < -0.4 is 5.32 Å². The third kappa shape index (κ3) is 8.37. The summed E-state index contributed by atoms with van der Waals surface area (Å²) in [6.07, 6.45) is 2.35. The predicted octanol–water partition coefficient (Wildman–Crippen LogP) is 4.47. The van der Waals surface area contributed by atoms with E-state index in [9.17, 15) is 13.2 Å². The summed E-state index contributed by atoms with van der Waals surface area (Å²) in [6.45, 7) is 10.6. The van der Waals surface area contributed by atoms with Crippen molar-refractivity contribution in [3.63, 3.8) is 0 Å². The van der Waals surface area contributed by atoms with Gasteiger partial charge in [0.15, 0.2) is 0 Å². The molecule has 0 spiro atoms. The van der Waals surface area contributed by atoms with Crippen LogP contribution in [0.2, 0.25) is 0 Å². The van der Waals surface area contributed by atoms with Gasteiger partial charge in [-0.3, -0.25) is 9.69 Å². The van der Waals surface area contributed by atoms with E-state index in [1.165, 1.54) is 4.31 Å². The van der Waals surface area contributed by atoms with Crippen molar-refractivity contribution in [3.8, 4) is 0 Å². The van der Waals surface area contributed by atoms with Crippen LogP contribution in [-0.4, -0.2) is 68.6 Å². The quantitative estimate of drug-likeness (QED) is 0.433. The molecule has 8 heteroatoms. The van der Waals surface area contributed by atoms with E-state index in [1.807, 2.05) is 45.0 Å². The molecular weight excluding hydrogens is 486 g/mol.